The first-order valence-electron chi connectivity index (χ1n) is 7.27. The van der Waals surface area contributed by atoms with Crippen molar-refractivity contribution in [2.75, 3.05) is 0 Å². The predicted molar refractivity (Wildman–Crippen MR) is 86.1 cm³/mol. The van der Waals surface area contributed by atoms with Gasteiger partial charge in [-0.15, -0.1) is 0 Å². The van der Waals surface area contributed by atoms with Crippen LogP contribution >= 0.6 is 0 Å². The van der Waals surface area contributed by atoms with Crippen LogP contribution in [0.3, 0.4) is 0 Å². The number of benzene rings is 1. The molecule has 0 unspecified atom stereocenters. The first-order valence-corrected chi connectivity index (χ1v) is 7.27. The van der Waals surface area contributed by atoms with E-state index in [0.29, 0.717) is 12.1 Å². The summed E-state index contributed by atoms with van der Waals surface area (Å²) in [6, 6.07) is 15.8. The lowest BCUT2D eigenvalue weighted by Crippen LogP contribution is -2.33. The number of rotatable bonds is 5. The maximum atomic E-state index is 12.3. The Bertz CT molecular complexity index is 823. The number of aromatic nitrogens is 1. The molecule has 0 bridgehead atoms. The molecule has 116 valence electrons. The Morgan fingerprint density at radius 1 is 1.09 bits per heavy atom. The molecule has 0 aliphatic rings. The Morgan fingerprint density at radius 3 is 2.57 bits per heavy atom. The zero-order chi connectivity index (χ0) is 16.1. The van der Waals surface area contributed by atoms with Gasteiger partial charge in [-0.25, -0.2) is 0 Å². The zero-order valence-electron chi connectivity index (χ0n) is 12.4. The molecule has 3 aromatic rings. The van der Waals surface area contributed by atoms with Crippen molar-refractivity contribution >= 4 is 5.91 Å². The number of hydrogen-bond acceptors (Lipinski definition) is 3. The summed E-state index contributed by atoms with van der Waals surface area (Å²) in [4.78, 5) is 24.2. The molecule has 2 heterocycles. The van der Waals surface area contributed by atoms with Crippen LogP contribution in [0, 0.1) is 0 Å². The van der Waals surface area contributed by atoms with E-state index in [1.54, 1.807) is 29.0 Å². The molecule has 1 atom stereocenters. The smallest absolute Gasteiger partial charge is 0.255 e. The number of hydrogen-bond donors (Lipinski definition) is 1. The fraction of sp³-hybridized carbons (Fsp3) is 0.111. The number of carbonyl (C=O) groups is 1. The fourth-order valence-electron chi connectivity index (χ4n) is 2.36. The van der Waals surface area contributed by atoms with E-state index < -0.39 is 0 Å². The van der Waals surface area contributed by atoms with Crippen molar-refractivity contribution in [2.45, 2.75) is 12.6 Å². The van der Waals surface area contributed by atoms with Crippen molar-refractivity contribution in [1.82, 2.24) is 9.88 Å². The van der Waals surface area contributed by atoms with Gasteiger partial charge < -0.3 is 14.3 Å². The van der Waals surface area contributed by atoms with E-state index in [1.165, 1.54) is 18.6 Å². The predicted octanol–water partition coefficient (Wildman–Crippen LogP) is 2.61. The highest BCUT2D eigenvalue weighted by atomic mass is 16.3. The summed E-state index contributed by atoms with van der Waals surface area (Å²) in [6.07, 6.45) is 4.56. The standard InChI is InChI=1S/C18H16N2O3/c21-17-8-4-5-10-20(17)12-16(14-6-2-1-3-7-14)19-18(22)15-9-11-23-13-15/h1-11,13,16H,12H2,(H,19,22)/t16-/m0/s1. The maximum absolute atomic E-state index is 12.3. The molecular weight excluding hydrogens is 292 g/mol. The highest BCUT2D eigenvalue weighted by Crippen LogP contribution is 2.15. The molecule has 0 saturated heterocycles. The summed E-state index contributed by atoms with van der Waals surface area (Å²) in [6.45, 7) is 0.354. The average molecular weight is 308 g/mol. The van der Waals surface area contributed by atoms with E-state index in [0.717, 1.165) is 5.56 Å². The number of carbonyl (C=O) groups excluding carboxylic acids is 1. The lowest BCUT2D eigenvalue weighted by Gasteiger charge is -2.20. The van der Waals surface area contributed by atoms with Gasteiger partial charge in [0.15, 0.2) is 0 Å². The molecule has 1 N–H and O–H groups in total. The minimum atomic E-state index is -0.321. The van der Waals surface area contributed by atoms with E-state index in [1.807, 2.05) is 30.3 Å². The van der Waals surface area contributed by atoms with Crippen LogP contribution in [-0.4, -0.2) is 10.5 Å². The van der Waals surface area contributed by atoms with E-state index >= 15 is 0 Å². The van der Waals surface area contributed by atoms with E-state index in [9.17, 15) is 9.59 Å². The molecule has 0 spiro atoms. The van der Waals surface area contributed by atoms with Crippen LogP contribution in [0.5, 0.6) is 0 Å². The highest BCUT2D eigenvalue weighted by Gasteiger charge is 2.17. The molecule has 1 aromatic carbocycles. The minimum Gasteiger partial charge on any atom is -0.472 e. The van der Waals surface area contributed by atoms with Crippen molar-refractivity contribution in [2.24, 2.45) is 0 Å². The van der Waals surface area contributed by atoms with E-state index in [2.05, 4.69) is 5.32 Å². The molecule has 2 aromatic heterocycles. The second-order valence-corrected chi connectivity index (χ2v) is 5.14. The highest BCUT2D eigenvalue weighted by molar-refractivity contribution is 5.94. The number of nitrogens with zero attached hydrogens (tertiary/aromatic N) is 1. The SMILES string of the molecule is O=C(N[C@@H](Cn1ccccc1=O)c1ccccc1)c1ccoc1. The molecule has 0 aliphatic carbocycles. The summed E-state index contributed by atoms with van der Waals surface area (Å²) in [5.41, 5.74) is 1.28. The van der Waals surface area contributed by atoms with E-state index in [-0.39, 0.29) is 17.5 Å². The van der Waals surface area contributed by atoms with Gasteiger partial charge in [0.05, 0.1) is 24.4 Å². The first-order chi connectivity index (χ1) is 11.2. The summed E-state index contributed by atoms with van der Waals surface area (Å²) in [7, 11) is 0. The van der Waals surface area contributed by atoms with Gasteiger partial charge in [-0.05, 0) is 17.7 Å². The normalized spacial score (nSPS) is 11.8. The van der Waals surface area contributed by atoms with Crippen LogP contribution in [-0.2, 0) is 6.54 Å². The van der Waals surface area contributed by atoms with E-state index in [4.69, 9.17) is 4.42 Å². The van der Waals surface area contributed by atoms with Crippen molar-refractivity contribution < 1.29 is 9.21 Å². The van der Waals surface area contributed by atoms with Crippen molar-refractivity contribution in [1.29, 1.82) is 0 Å². The molecule has 0 fully saturated rings. The Morgan fingerprint density at radius 2 is 1.87 bits per heavy atom. The second kappa shape index (κ2) is 6.79. The van der Waals surface area contributed by atoms with Crippen LogP contribution < -0.4 is 10.9 Å². The Labute approximate surface area is 133 Å². The topological polar surface area (TPSA) is 64.2 Å². The van der Waals surface area contributed by atoms with Crippen molar-refractivity contribution in [3.05, 3.63) is 94.8 Å². The molecule has 3 rings (SSSR count). The van der Waals surface area contributed by atoms with Crippen LogP contribution in [0.25, 0.3) is 0 Å². The largest absolute Gasteiger partial charge is 0.472 e. The van der Waals surface area contributed by atoms with Gasteiger partial charge >= 0.3 is 0 Å². The minimum absolute atomic E-state index is 0.106. The van der Waals surface area contributed by atoms with Crippen molar-refractivity contribution in [3.8, 4) is 0 Å². The number of amides is 1. The lowest BCUT2D eigenvalue weighted by atomic mass is 10.1. The summed E-state index contributed by atoms with van der Waals surface area (Å²) in [5, 5.41) is 2.95. The third-order valence-electron chi connectivity index (χ3n) is 3.57. The Hall–Kier alpha value is -3.08. The molecule has 5 nitrogen and oxygen atoms in total. The lowest BCUT2D eigenvalue weighted by molar-refractivity contribution is 0.0932. The number of pyridine rings is 1. The zero-order valence-corrected chi connectivity index (χ0v) is 12.4. The van der Waals surface area contributed by atoms with Crippen LogP contribution in [0.2, 0.25) is 0 Å². The molecule has 0 radical (unpaired) electrons. The van der Waals surface area contributed by atoms with Gasteiger partial charge in [-0.2, -0.15) is 0 Å². The van der Waals surface area contributed by atoms with Crippen molar-refractivity contribution in [3.63, 3.8) is 0 Å². The molecule has 0 saturated carbocycles. The van der Waals surface area contributed by atoms with Gasteiger partial charge in [0.25, 0.3) is 11.5 Å². The first kappa shape index (κ1) is 14.8. The number of nitrogens with one attached hydrogen (secondary N) is 1. The van der Waals surface area contributed by atoms with Crippen LogP contribution in [0.15, 0.2) is 82.5 Å². The van der Waals surface area contributed by atoms with Gasteiger partial charge in [0.2, 0.25) is 0 Å². The van der Waals surface area contributed by atoms with Gasteiger partial charge in [-0.3, -0.25) is 9.59 Å². The molecule has 23 heavy (non-hydrogen) atoms. The fourth-order valence-corrected chi connectivity index (χ4v) is 2.36. The van der Waals surface area contributed by atoms with Crippen LogP contribution in [0.1, 0.15) is 22.0 Å². The third kappa shape index (κ3) is 3.58. The van der Waals surface area contributed by atoms with Gasteiger partial charge in [0, 0.05) is 12.3 Å². The van der Waals surface area contributed by atoms with Gasteiger partial charge in [0.1, 0.15) is 6.26 Å². The molecule has 5 heteroatoms. The summed E-state index contributed by atoms with van der Waals surface area (Å²) in [5.74, 6) is -0.239. The maximum Gasteiger partial charge on any atom is 0.255 e. The Kier molecular flexibility index (Phi) is 4.38. The van der Waals surface area contributed by atoms with Gasteiger partial charge in [-0.1, -0.05) is 36.4 Å². The summed E-state index contributed by atoms with van der Waals surface area (Å²) >= 11 is 0. The molecule has 1 amide bonds. The monoisotopic (exact) mass is 308 g/mol. The average Bonchev–Trinajstić information content (AvgIpc) is 3.11. The number of furan rings is 1. The quantitative estimate of drug-likeness (QED) is 0.788. The second-order valence-electron chi connectivity index (χ2n) is 5.14. The Balaban J connectivity index is 1.87. The molecular formula is C18H16N2O3. The van der Waals surface area contributed by atoms with Crippen LogP contribution in [0.4, 0.5) is 0 Å². The third-order valence-corrected chi connectivity index (χ3v) is 3.57. The molecule has 0 aliphatic heterocycles. The summed E-state index contributed by atoms with van der Waals surface area (Å²) < 4.78 is 6.52.